The summed E-state index contributed by atoms with van der Waals surface area (Å²) in [5.41, 5.74) is 11.0. The molecule has 63 heavy (non-hydrogen) atoms. The van der Waals surface area contributed by atoms with Crippen LogP contribution in [0.3, 0.4) is 0 Å². The second-order valence-corrected chi connectivity index (χ2v) is 17.0. The first-order valence-corrected chi connectivity index (χ1v) is 23.9. The lowest BCUT2D eigenvalue weighted by Crippen LogP contribution is -2.41. The molecule has 7 N–H and O–H groups in total. The summed E-state index contributed by atoms with van der Waals surface area (Å²) < 4.78 is 43.7. The van der Waals surface area contributed by atoms with E-state index in [1.54, 1.807) is 0 Å². The Kier molecular flexibility index (Phi) is 43.2. The van der Waals surface area contributed by atoms with Gasteiger partial charge in [0.05, 0.1) is 26.1 Å². The maximum atomic E-state index is 12.9. The van der Waals surface area contributed by atoms with Crippen molar-refractivity contribution in [3.05, 3.63) is 0 Å². The fraction of sp³-hybridized carbons (Fsp3) is 0.857. The van der Waals surface area contributed by atoms with E-state index in [9.17, 15) is 38.2 Å². The summed E-state index contributed by atoms with van der Waals surface area (Å²) in [6.07, 6.45) is 19.8. The standard InChI is InChI=1S/C42H77N2O16P.2ClH/c1-3-5-7-9-11-13-15-17-19-21-23-25-39(49)55-29-33(59-40(50)26-24-22-20-18-16-14-12-10-8-6-4-2)31-57-61(53,54)58-32-34(60-42(52)36(44)28-38(47)48)30-56-41(51)35(43)27-37(45)46;;/h33-36H,3-32,43-44H2,1-2H3,(H,45,46)(H,47,48)(H,53,54);2*1H. The summed E-state index contributed by atoms with van der Waals surface area (Å²) in [5.74, 6) is -6.47. The average Bonchev–Trinajstić information content (AvgIpc) is 3.20. The molecule has 0 saturated carbocycles. The zero-order valence-corrected chi connectivity index (χ0v) is 40.1. The predicted molar refractivity (Wildman–Crippen MR) is 241 cm³/mol. The molecule has 0 aliphatic rings. The van der Waals surface area contributed by atoms with Crippen LogP contribution in [-0.2, 0) is 61.3 Å². The molecular formula is C42H79Cl2N2O16P. The summed E-state index contributed by atoms with van der Waals surface area (Å²) in [7, 11) is -5.05. The molecule has 372 valence electrons. The molecule has 0 aliphatic carbocycles. The number of halogens is 2. The highest BCUT2D eigenvalue weighted by molar-refractivity contribution is 7.47. The van der Waals surface area contributed by atoms with E-state index in [0.29, 0.717) is 12.8 Å². The minimum Gasteiger partial charge on any atom is -0.481 e. The topological polar surface area (TPSA) is 288 Å². The fourth-order valence-electron chi connectivity index (χ4n) is 6.07. The van der Waals surface area contributed by atoms with Crippen LogP contribution in [0.2, 0.25) is 0 Å². The second kappa shape index (κ2) is 42.1. The molecule has 0 radical (unpaired) electrons. The quantitative estimate of drug-likeness (QED) is 0.0168. The van der Waals surface area contributed by atoms with E-state index in [0.717, 1.165) is 51.4 Å². The zero-order valence-electron chi connectivity index (χ0n) is 37.6. The summed E-state index contributed by atoms with van der Waals surface area (Å²) in [4.78, 5) is 82.2. The third-order valence-corrected chi connectivity index (χ3v) is 10.6. The van der Waals surface area contributed by atoms with Crippen LogP contribution in [0.5, 0.6) is 0 Å². The first kappa shape index (κ1) is 64.7. The molecule has 21 heteroatoms. The molecule has 0 aromatic rings. The third kappa shape index (κ3) is 40.7. The number of nitrogens with two attached hydrogens (primary N) is 2. The number of rotatable bonds is 42. The Morgan fingerprint density at radius 1 is 0.476 bits per heavy atom. The van der Waals surface area contributed by atoms with Crippen molar-refractivity contribution >= 4 is 68.5 Å². The van der Waals surface area contributed by atoms with Crippen LogP contribution in [0.15, 0.2) is 0 Å². The minimum absolute atomic E-state index is 0. The lowest BCUT2D eigenvalue weighted by atomic mass is 10.1. The molecular weight excluding hydrogens is 890 g/mol. The van der Waals surface area contributed by atoms with Crippen molar-refractivity contribution in [3.63, 3.8) is 0 Å². The van der Waals surface area contributed by atoms with Gasteiger partial charge in [-0.1, -0.05) is 142 Å². The molecule has 0 aromatic carbocycles. The van der Waals surface area contributed by atoms with Crippen molar-refractivity contribution in [2.45, 2.75) is 205 Å². The molecule has 5 atom stereocenters. The maximum Gasteiger partial charge on any atom is 0.472 e. The second-order valence-electron chi connectivity index (χ2n) is 15.5. The van der Waals surface area contributed by atoms with Crippen molar-refractivity contribution in [1.29, 1.82) is 0 Å². The summed E-state index contributed by atoms with van der Waals surface area (Å²) in [6, 6.07) is -3.26. The van der Waals surface area contributed by atoms with E-state index in [2.05, 4.69) is 13.8 Å². The number of phosphoric acid groups is 1. The first-order valence-electron chi connectivity index (χ1n) is 22.4. The predicted octanol–water partition coefficient (Wildman–Crippen LogP) is 7.88. The van der Waals surface area contributed by atoms with Gasteiger partial charge >= 0.3 is 43.6 Å². The van der Waals surface area contributed by atoms with Crippen LogP contribution in [-0.4, -0.2) is 102 Å². The highest BCUT2D eigenvalue weighted by atomic mass is 35.5. The highest BCUT2D eigenvalue weighted by Crippen LogP contribution is 2.43. The minimum atomic E-state index is -5.05. The number of hydrogen-bond donors (Lipinski definition) is 5. The van der Waals surface area contributed by atoms with E-state index in [-0.39, 0.29) is 37.7 Å². The average molecular weight is 970 g/mol. The van der Waals surface area contributed by atoms with Gasteiger partial charge < -0.3 is 45.5 Å². The van der Waals surface area contributed by atoms with Crippen molar-refractivity contribution in [2.24, 2.45) is 11.5 Å². The Balaban J connectivity index is -0.0000180. The SMILES string of the molecule is CCCCCCCCCCCCCC(=O)OCC(COP(=O)(O)OCC(COC(=O)C(N)CC(=O)O)OC(=O)C(N)CC(=O)O)OC(=O)CCCCCCCCCCCCC.Cl.Cl. The van der Waals surface area contributed by atoms with Crippen molar-refractivity contribution in [2.75, 3.05) is 26.4 Å². The third-order valence-electron chi connectivity index (χ3n) is 9.63. The Bertz CT molecular complexity index is 1280. The summed E-state index contributed by atoms with van der Waals surface area (Å²) in [6.45, 7) is 1.37. The van der Waals surface area contributed by atoms with Crippen molar-refractivity contribution in [3.8, 4) is 0 Å². The number of ether oxygens (including phenoxy) is 4. The van der Waals surface area contributed by atoms with E-state index in [4.69, 9.17) is 49.7 Å². The molecule has 0 aromatic heterocycles. The number of unbranched alkanes of at least 4 members (excludes halogenated alkanes) is 20. The normalized spacial score (nSPS) is 13.8. The van der Waals surface area contributed by atoms with Crippen molar-refractivity contribution in [1.82, 2.24) is 0 Å². The molecule has 0 rings (SSSR count). The number of phosphoric ester groups is 1. The Morgan fingerprint density at radius 2 is 0.810 bits per heavy atom. The molecule has 0 bridgehead atoms. The summed E-state index contributed by atoms with van der Waals surface area (Å²) >= 11 is 0. The van der Waals surface area contributed by atoms with Gasteiger partial charge in [0.2, 0.25) is 0 Å². The number of hydrogen-bond acceptors (Lipinski definition) is 15. The van der Waals surface area contributed by atoms with Gasteiger partial charge in [0.25, 0.3) is 0 Å². The van der Waals surface area contributed by atoms with Gasteiger partial charge in [-0.15, -0.1) is 24.8 Å². The molecule has 0 saturated heterocycles. The molecule has 18 nitrogen and oxygen atoms in total. The van der Waals surface area contributed by atoms with Gasteiger partial charge in [-0.3, -0.25) is 37.8 Å². The lowest BCUT2D eigenvalue weighted by Gasteiger charge is -2.23. The molecule has 0 spiro atoms. The molecule has 0 aliphatic heterocycles. The fourth-order valence-corrected chi connectivity index (χ4v) is 6.85. The highest BCUT2D eigenvalue weighted by Gasteiger charge is 2.31. The van der Waals surface area contributed by atoms with Crippen LogP contribution in [0, 0.1) is 0 Å². The smallest absolute Gasteiger partial charge is 0.472 e. The van der Waals surface area contributed by atoms with Crippen LogP contribution in [0.25, 0.3) is 0 Å². The Morgan fingerprint density at radius 3 is 1.21 bits per heavy atom. The number of carbonyl (C=O) groups is 6. The van der Waals surface area contributed by atoms with Crippen LogP contribution >= 0.6 is 32.6 Å². The zero-order chi connectivity index (χ0) is 45.7. The number of esters is 4. The Hall–Kier alpha value is -2.57. The van der Waals surface area contributed by atoms with Crippen molar-refractivity contribution < 1.29 is 76.4 Å². The van der Waals surface area contributed by atoms with Gasteiger partial charge in [-0.2, -0.15) is 0 Å². The molecule has 0 fully saturated rings. The van der Waals surface area contributed by atoms with Gasteiger partial charge in [0.15, 0.2) is 12.2 Å². The van der Waals surface area contributed by atoms with Crippen LogP contribution in [0.1, 0.15) is 181 Å². The van der Waals surface area contributed by atoms with Gasteiger partial charge in [-0.25, -0.2) is 4.57 Å². The van der Waals surface area contributed by atoms with Gasteiger partial charge in [-0.05, 0) is 12.8 Å². The maximum absolute atomic E-state index is 12.9. The molecule has 0 heterocycles. The largest absolute Gasteiger partial charge is 0.481 e. The molecule has 0 amide bonds. The van der Waals surface area contributed by atoms with E-state index < -0.39 is 107 Å². The number of aliphatic carboxylic acids is 2. The van der Waals surface area contributed by atoms with Crippen LogP contribution < -0.4 is 11.5 Å². The number of carboxylic acids is 2. The number of carboxylic acid groups (broad SMARTS) is 2. The van der Waals surface area contributed by atoms with Crippen LogP contribution in [0.4, 0.5) is 0 Å². The van der Waals surface area contributed by atoms with E-state index in [1.807, 2.05) is 0 Å². The lowest BCUT2D eigenvalue weighted by molar-refractivity contribution is -0.164. The van der Waals surface area contributed by atoms with E-state index >= 15 is 0 Å². The van der Waals surface area contributed by atoms with Gasteiger partial charge in [0, 0.05) is 12.8 Å². The summed E-state index contributed by atoms with van der Waals surface area (Å²) in [5, 5.41) is 17.8. The number of carbonyl (C=O) groups excluding carboxylic acids is 4. The molecule has 5 unspecified atom stereocenters. The Labute approximate surface area is 386 Å². The van der Waals surface area contributed by atoms with E-state index in [1.165, 1.54) is 77.0 Å². The van der Waals surface area contributed by atoms with Gasteiger partial charge in [0.1, 0.15) is 25.3 Å². The first-order chi connectivity index (χ1) is 29.1. The monoisotopic (exact) mass is 968 g/mol.